The number of likely N-dealkylation sites (N-methyl/N-ethyl adjacent to an activating group) is 1. The first-order valence-corrected chi connectivity index (χ1v) is 9.06. The van der Waals surface area contributed by atoms with Gasteiger partial charge >= 0.3 is 0 Å². The Kier molecular flexibility index (Phi) is 5.93. The van der Waals surface area contributed by atoms with Gasteiger partial charge in [-0.25, -0.2) is 8.42 Å². The maximum Gasteiger partial charge on any atom is 0.237 e. The van der Waals surface area contributed by atoms with Crippen LogP contribution in [0, 0.1) is 0 Å². The van der Waals surface area contributed by atoms with Gasteiger partial charge in [-0.1, -0.05) is 30.3 Å². The highest BCUT2D eigenvalue weighted by atomic mass is 32.2. The van der Waals surface area contributed by atoms with Gasteiger partial charge < -0.3 is 10.2 Å². The molecular formula is C15H23N3O3S. The van der Waals surface area contributed by atoms with Gasteiger partial charge in [-0.3, -0.25) is 4.79 Å². The first kappa shape index (κ1) is 16.9. The van der Waals surface area contributed by atoms with Crippen molar-refractivity contribution in [2.75, 3.05) is 45.5 Å². The SMILES string of the molecule is CN(CC(=O)N1CCNCC1)S(=O)(=O)CCc1ccccc1. The summed E-state index contributed by atoms with van der Waals surface area (Å²) < 4.78 is 25.7. The monoisotopic (exact) mass is 325 g/mol. The summed E-state index contributed by atoms with van der Waals surface area (Å²) in [5, 5.41) is 3.17. The van der Waals surface area contributed by atoms with E-state index in [2.05, 4.69) is 5.32 Å². The molecule has 1 amide bonds. The van der Waals surface area contributed by atoms with E-state index in [9.17, 15) is 13.2 Å². The molecule has 1 aliphatic rings. The molecule has 1 N–H and O–H groups in total. The third kappa shape index (κ3) is 4.79. The van der Waals surface area contributed by atoms with E-state index in [1.165, 1.54) is 11.4 Å². The Morgan fingerprint density at radius 3 is 2.50 bits per heavy atom. The van der Waals surface area contributed by atoms with E-state index < -0.39 is 10.0 Å². The third-order valence-electron chi connectivity index (χ3n) is 3.79. The Morgan fingerprint density at radius 1 is 1.23 bits per heavy atom. The molecule has 0 unspecified atom stereocenters. The Morgan fingerprint density at radius 2 is 1.86 bits per heavy atom. The molecule has 0 radical (unpaired) electrons. The summed E-state index contributed by atoms with van der Waals surface area (Å²) in [4.78, 5) is 13.8. The van der Waals surface area contributed by atoms with Crippen molar-refractivity contribution in [1.29, 1.82) is 0 Å². The summed E-state index contributed by atoms with van der Waals surface area (Å²) >= 11 is 0. The largest absolute Gasteiger partial charge is 0.339 e. The molecule has 6 nitrogen and oxygen atoms in total. The number of aryl methyl sites for hydroxylation is 1. The van der Waals surface area contributed by atoms with Crippen molar-refractivity contribution < 1.29 is 13.2 Å². The quantitative estimate of drug-likeness (QED) is 0.794. The number of amides is 1. The number of carbonyl (C=O) groups excluding carboxylic acids is 1. The number of nitrogens with one attached hydrogen (secondary N) is 1. The molecular weight excluding hydrogens is 302 g/mol. The Labute approximate surface area is 132 Å². The lowest BCUT2D eigenvalue weighted by Gasteiger charge is -2.29. The minimum atomic E-state index is -3.42. The summed E-state index contributed by atoms with van der Waals surface area (Å²) in [6.45, 7) is 2.71. The molecule has 122 valence electrons. The predicted octanol–water partition coefficient (Wildman–Crippen LogP) is -0.0775. The molecule has 1 aromatic carbocycles. The lowest BCUT2D eigenvalue weighted by atomic mass is 10.2. The predicted molar refractivity (Wildman–Crippen MR) is 86.0 cm³/mol. The van der Waals surface area contributed by atoms with Crippen molar-refractivity contribution in [3.63, 3.8) is 0 Å². The van der Waals surface area contributed by atoms with E-state index >= 15 is 0 Å². The number of piperazine rings is 1. The second-order valence-electron chi connectivity index (χ2n) is 5.44. The van der Waals surface area contributed by atoms with Crippen LogP contribution < -0.4 is 5.32 Å². The number of rotatable bonds is 6. The molecule has 0 aromatic heterocycles. The molecule has 1 fully saturated rings. The van der Waals surface area contributed by atoms with E-state index in [1.54, 1.807) is 4.90 Å². The second-order valence-corrected chi connectivity index (χ2v) is 7.63. The smallest absolute Gasteiger partial charge is 0.237 e. The molecule has 0 bridgehead atoms. The first-order chi connectivity index (χ1) is 10.5. The standard InChI is InChI=1S/C15H23N3O3S/c1-17(13-15(19)18-10-8-16-9-11-18)22(20,21)12-7-14-5-3-2-4-6-14/h2-6,16H,7-13H2,1H3. The van der Waals surface area contributed by atoms with E-state index in [0.29, 0.717) is 19.5 Å². The summed E-state index contributed by atoms with van der Waals surface area (Å²) in [5.74, 6) is -0.116. The van der Waals surface area contributed by atoms with Crippen LogP contribution in [0.1, 0.15) is 5.56 Å². The van der Waals surface area contributed by atoms with Gasteiger partial charge in [-0.15, -0.1) is 0 Å². The fourth-order valence-corrected chi connectivity index (χ4v) is 3.46. The maximum absolute atomic E-state index is 12.3. The van der Waals surface area contributed by atoms with Gasteiger partial charge in [0.05, 0.1) is 12.3 Å². The fourth-order valence-electron chi connectivity index (χ4n) is 2.35. The van der Waals surface area contributed by atoms with Crippen molar-refractivity contribution in [2.24, 2.45) is 0 Å². The highest BCUT2D eigenvalue weighted by Gasteiger charge is 2.24. The van der Waals surface area contributed by atoms with Crippen LogP contribution >= 0.6 is 0 Å². The van der Waals surface area contributed by atoms with Gasteiger partial charge in [0.25, 0.3) is 0 Å². The van der Waals surface area contributed by atoms with Crippen LogP contribution in [0.25, 0.3) is 0 Å². The normalized spacial score (nSPS) is 16.0. The molecule has 1 aromatic rings. The zero-order chi connectivity index (χ0) is 16.0. The summed E-state index contributed by atoms with van der Waals surface area (Å²) in [6.07, 6.45) is 0.454. The number of nitrogens with zero attached hydrogens (tertiary/aromatic N) is 2. The fraction of sp³-hybridized carbons (Fsp3) is 0.533. The number of hydrogen-bond donors (Lipinski definition) is 1. The lowest BCUT2D eigenvalue weighted by molar-refractivity contribution is -0.131. The van der Waals surface area contributed by atoms with Gasteiger partial charge in [0.1, 0.15) is 0 Å². The molecule has 2 rings (SSSR count). The van der Waals surface area contributed by atoms with Crippen LogP contribution in [0.15, 0.2) is 30.3 Å². The first-order valence-electron chi connectivity index (χ1n) is 7.45. The summed E-state index contributed by atoms with van der Waals surface area (Å²) in [6, 6.07) is 9.48. The molecule has 0 spiro atoms. The number of benzene rings is 1. The zero-order valence-electron chi connectivity index (χ0n) is 12.9. The Hall–Kier alpha value is -1.44. The van der Waals surface area contributed by atoms with Crippen molar-refractivity contribution in [2.45, 2.75) is 6.42 Å². The Balaban J connectivity index is 1.86. The summed E-state index contributed by atoms with van der Waals surface area (Å²) in [7, 11) is -1.95. The van der Waals surface area contributed by atoms with Crippen LogP contribution in [0.2, 0.25) is 0 Å². The molecule has 1 saturated heterocycles. The minimum absolute atomic E-state index is 0.0162. The van der Waals surface area contributed by atoms with Gasteiger partial charge in [-0.2, -0.15) is 4.31 Å². The van der Waals surface area contributed by atoms with Gasteiger partial charge in [0.15, 0.2) is 0 Å². The van der Waals surface area contributed by atoms with E-state index in [4.69, 9.17) is 0 Å². The van der Waals surface area contributed by atoms with Crippen molar-refractivity contribution in [3.8, 4) is 0 Å². The van der Waals surface area contributed by atoms with Crippen molar-refractivity contribution >= 4 is 15.9 Å². The van der Waals surface area contributed by atoms with Crippen LogP contribution in [0.5, 0.6) is 0 Å². The number of carbonyl (C=O) groups is 1. The molecule has 1 heterocycles. The zero-order valence-corrected chi connectivity index (χ0v) is 13.7. The van der Waals surface area contributed by atoms with E-state index in [1.807, 2.05) is 30.3 Å². The minimum Gasteiger partial charge on any atom is -0.339 e. The van der Waals surface area contributed by atoms with Crippen LogP contribution in [-0.4, -0.2) is 69.1 Å². The highest BCUT2D eigenvalue weighted by Crippen LogP contribution is 2.06. The average molecular weight is 325 g/mol. The van der Waals surface area contributed by atoms with Crippen LogP contribution in [0.4, 0.5) is 0 Å². The van der Waals surface area contributed by atoms with Gasteiger partial charge in [-0.05, 0) is 12.0 Å². The molecule has 0 atom stereocenters. The van der Waals surface area contributed by atoms with Crippen molar-refractivity contribution in [1.82, 2.24) is 14.5 Å². The topological polar surface area (TPSA) is 69.7 Å². The molecule has 0 aliphatic carbocycles. The highest BCUT2D eigenvalue weighted by molar-refractivity contribution is 7.89. The molecule has 1 aliphatic heterocycles. The second kappa shape index (κ2) is 7.71. The average Bonchev–Trinajstić information content (AvgIpc) is 2.54. The van der Waals surface area contributed by atoms with Crippen LogP contribution in [0.3, 0.4) is 0 Å². The lowest BCUT2D eigenvalue weighted by Crippen LogP contribution is -2.50. The Bertz CT molecular complexity index is 583. The van der Waals surface area contributed by atoms with Gasteiger partial charge in [0.2, 0.25) is 15.9 Å². The van der Waals surface area contributed by atoms with Crippen LogP contribution in [-0.2, 0) is 21.2 Å². The molecule has 0 saturated carbocycles. The van der Waals surface area contributed by atoms with Gasteiger partial charge in [0, 0.05) is 33.2 Å². The van der Waals surface area contributed by atoms with Crippen molar-refractivity contribution in [3.05, 3.63) is 35.9 Å². The number of hydrogen-bond acceptors (Lipinski definition) is 4. The summed E-state index contributed by atoms with van der Waals surface area (Å²) in [5.41, 5.74) is 0.980. The third-order valence-corrected chi connectivity index (χ3v) is 5.59. The van der Waals surface area contributed by atoms with E-state index in [0.717, 1.165) is 18.7 Å². The maximum atomic E-state index is 12.3. The van der Waals surface area contributed by atoms with E-state index in [-0.39, 0.29) is 18.2 Å². The molecule has 7 heteroatoms. The molecule has 22 heavy (non-hydrogen) atoms. The number of sulfonamides is 1.